The molecule has 0 spiro atoms. The zero-order chi connectivity index (χ0) is 15.2. The highest BCUT2D eigenvalue weighted by Crippen LogP contribution is 2.25. The Balaban J connectivity index is 1.97. The highest BCUT2D eigenvalue weighted by molar-refractivity contribution is 9.10. The van der Waals surface area contributed by atoms with E-state index in [4.69, 9.17) is 4.74 Å². The SMILES string of the molecule is CCOc1ccc(C(=O)NNC(=O)c2cccs2)cc1Br. The lowest BCUT2D eigenvalue weighted by molar-refractivity contribution is 0.0849. The van der Waals surface area contributed by atoms with Gasteiger partial charge in [-0.1, -0.05) is 6.07 Å². The van der Waals surface area contributed by atoms with Gasteiger partial charge in [-0.2, -0.15) is 0 Å². The standard InChI is InChI=1S/C14H13BrN2O3S/c1-2-20-11-6-5-9(8-10(11)15)13(18)16-17-14(19)12-4-3-7-21-12/h3-8H,2H2,1H3,(H,16,18)(H,17,19). The number of thiophene rings is 1. The summed E-state index contributed by atoms with van der Waals surface area (Å²) < 4.78 is 6.05. The Labute approximate surface area is 134 Å². The maximum Gasteiger partial charge on any atom is 0.279 e. The van der Waals surface area contributed by atoms with E-state index in [0.717, 1.165) is 0 Å². The molecule has 1 aromatic carbocycles. The second-order valence-electron chi connectivity index (χ2n) is 3.96. The zero-order valence-corrected chi connectivity index (χ0v) is 13.6. The summed E-state index contributed by atoms with van der Waals surface area (Å²) in [7, 11) is 0. The predicted molar refractivity (Wildman–Crippen MR) is 84.6 cm³/mol. The van der Waals surface area contributed by atoms with E-state index in [9.17, 15) is 9.59 Å². The second kappa shape index (κ2) is 7.24. The van der Waals surface area contributed by atoms with Crippen LogP contribution >= 0.6 is 27.3 Å². The number of halogens is 1. The van der Waals surface area contributed by atoms with Gasteiger partial charge in [0.2, 0.25) is 0 Å². The summed E-state index contributed by atoms with van der Waals surface area (Å²) in [5.41, 5.74) is 5.15. The van der Waals surface area contributed by atoms with E-state index in [-0.39, 0.29) is 5.91 Å². The van der Waals surface area contributed by atoms with Gasteiger partial charge >= 0.3 is 0 Å². The van der Waals surface area contributed by atoms with Crippen LogP contribution in [0.3, 0.4) is 0 Å². The lowest BCUT2D eigenvalue weighted by atomic mass is 10.2. The third-order valence-corrected chi connectivity index (χ3v) is 4.02. The Morgan fingerprint density at radius 2 is 2.00 bits per heavy atom. The molecule has 0 aliphatic rings. The molecule has 1 heterocycles. The lowest BCUT2D eigenvalue weighted by Crippen LogP contribution is -2.41. The van der Waals surface area contributed by atoms with Gasteiger partial charge in [0.1, 0.15) is 5.75 Å². The third-order valence-electron chi connectivity index (χ3n) is 2.53. The van der Waals surface area contributed by atoms with Crippen LogP contribution in [0.1, 0.15) is 27.0 Å². The molecule has 2 N–H and O–H groups in total. The van der Waals surface area contributed by atoms with E-state index in [0.29, 0.717) is 27.3 Å². The van der Waals surface area contributed by atoms with Crippen molar-refractivity contribution in [1.82, 2.24) is 10.9 Å². The number of rotatable bonds is 4. The van der Waals surface area contributed by atoms with Crippen LogP contribution in [0.2, 0.25) is 0 Å². The molecule has 21 heavy (non-hydrogen) atoms. The van der Waals surface area contributed by atoms with Crippen LogP contribution < -0.4 is 15.6 Å². The van der Waals surface area contributed by atoms with Gasteiger partial charge in [0.05, 0.1) is 16.0 Å². The molecule has 7 heteroatoms. The van der Waals surface area contributed by atoms with E-state index in [1.165, 1.54) is 11.3 Å². The molecule has 5 nitrogen and oxygen atoms in total. The van der Waals surface area contributed by atoms with Crippen molar-refractivity contribution >= 4 is 39.1 Å². The Kier molecular flexibility index (Phi) is 5.35. The van der Waals surface area contributed by atoms with Crippen LogP contribution in [0.5, 0.6) is 5.75 Å². The molecule has 0 radical (unpaired) electrons. The molecule has 2 amide bonds. The molecule has 0 fully saturated rings. The van der Waals surface area contributed by atoms with Crippen molar-refractivity contribution < 1.29 is 14.3 Å². The van der Waals surface area contributed by atoms with E-state index in [1.807, 2.05) is 6.92 Å². The second-order valence-corrected chi connectivity index (χ2v) is 5.77. The molecular formula is C14H13BrN2O3S. The summed E-state index contributed by atoms with van der Waals surface area (Å²) in [5.74, 6) is -0.0799. The number of amides is 2. The van der Waals surface area contributed by atoms with Crippen LogP contribution in [0.25, 0.3) is 0 Å². The number of ether oxygens (including phenoxy) is 1. The lowest BCUT2D eigenvalue weighted by Gasteiger charge is -2.09. The monoisotopic (exact) mass is 368 g/mol. The first-order chi connectivity index (χ1) is 10.1. The molecule has 0 aliphatic heterocycles. The number of hydrazine groups is 1. The van der Waals surface area contributed by atoms with Gasteiger partial charge in [0.25, 0.3) is 11.8 Å². The van der Waals surface area contributed by atoms with Gasteiger partial charge in [0, 0.05) is 5.56 Å². The van der Waals surface area contributed by atoms with Gasteiger partial charge in [0.15, 0.2) is 0 Å². The molecule has 0 saturated heterocycles. The maximum absolute atomic E-state index is 12.0. The third kappa shape index (κ3) is 4.05. The van der Waals surface area contributed by atoms with Gasteiger partial charge in [-0.15, -0.1) is 11.3 Å². The topological polar surface area (TPSA) is 67.4 Å². The number of carbonyl (C=O) groups is 2. The Bertz CT molecular complexity index is 644. The van der Waals surface area contributed by atoms with E-state index in [1.54, 1.807) is 35.7 Å². The van der Waals surface area contributed by atoms with Crippen LogP contribution in [0.15, 0.2) is 40.2 Å². The number of benzene rings is 1. The molecular weight excluding hydrogens is 356 g/mol. The smallest absolute Gasteiger partial charge is 0.279 e. The summed E-state index contributed by atoms with van der Waals surface area (Å²) in [6.07, 6.45) is 0. The fourth-order valence-electron chi connectivity index (χ4n) is 1.57. The van der Waals surface area contributed by atoms with Gasteiger partial charge in [-0.05, 0) is 52.5 Å². The Morgan fingerprint density at radius 3 is 2.62 bits per heavy atom. The highest BCUT2D eigenvalue weighted by Gasteiger charge is 2.11. The minimum absolute atomic E-state index is 0.344. The van der Waals surface area contributed by atoms with Gasteiger partial charge in [-0.3, -0.25) is 20.4 Å². The van der Waals surface area contributed by atoms with Crippen molar-refractivity contribution in [3.63, 3.8) is 0 Å². The molecule has 0 aliphatic carbocycles. The van der Waals surface area contributed by atoms with Crippen LogP contribution in [-0.4, -0.2) is 18.4 Å². The minimum Gasteiger partial charge on any atom is -0.493 e. The van der Waals surface area contributed by atoms with E-state index < -0.39 is 5.91 Å². The number of nitrogens with one attached hydrogen (secondary N) is 2. The van der Waals surface area contributed by atoms with Crippen molar-refractivity contribution in [1.29, 1.82) is 0 Å². The first-order valence-electron chi connectivity index (χ1n) is 6.18. The normalized spacial score (nSPS) is 10.0. The number of hydrogen-bond donors (Lipinski definition) is 2. The number of hydrogen-bond acceptors (Lipinski definition) is 4. The molecule has 1 aromatic heterocycles. The summed E-state index contributed by atoms with van der Waals surface area (Å²) in [5, 5.41) is 1.79. The zero-order valence-electron chi connectivity index (χ0n) is 11.2. The summed E-state index contributed by atoms with van der Waals surface area (Å²) in [6.45, 7) is 2.42. The first-order valence-corrected chi connectivity index (χ1v) is 7.85. The maximum atomic E-state index is 12.0. The van der Waals surface area contributed by atoms with Gasteiger partial charge in [-0.25, -0.2) is 0 Å². The summed E-state index contributed by atoms with van der Waals surface area (Å²) >= 11 is 4.64. The molecule has 0 bridgehead atoms. The molecule has 0 unspecified atom stereocenters. The van der Waals surface area contributed by atoms with Crippen LogP contribution in [0.4, 0.5) is 0 Å². The summed E-state index contributed by atoms with van der Waals surface area (Å²) in [6, 6.07) is 8.41. The van der Waals surface area contributed by atoms with Crippen molar-refractivity contribution in [3.8, 4) is 5.75 Å². The average molecular weight is 369 g/mol. The minimum atomic E-state index is -0.399. The quantitative estimate of drug-likeness (QED) is 0.815. The molecule has 0 saturated carbocycles. The Hall–Kier alpha value is -1.86. The molecule has 2 aromatic rings. The van der Waals surface area contributed by atoms with E-state index >= 15 is 0 Å². The number of carbonyl (C=O) groups excluding carboxylic acids is 2. The van der Waals surface area contributed by atoms with Crippen LogP contribution in [-0.2, 0) is 0 Å². The van der Waals surface area contributed by atoms with Crippen molar-refractivity contribution in [2.24, 2.45) is 0 Å². The van der Waals surface area contributed by atoms with Crippen LogP contribution in [0, 0.1) is 0 Å². The van der Waals surface area contributed by atoms with E-state index in [2.05, 4.69) is 26.8 Å². The fourth-order valence-corrected chi connectivity index (χ4v) is 2.68. The predicted octanol–water partition coefficient (Wildman–Crippen LogP) is 2.98. The van der Waals surface area contributed by atoms with Crippen molar-refractivity contribution in [3.05, 3.63) is 50.6 Å². The van der Waals surface area contributed by atoms with Crippen molar-refractivity contribution in [2.75, 3.05) is 6.61 Å². The largest absolute Gasteiger partial charge is 0.493 e. The molecule has 110 valence electrons. The highest BCUT2D eigenvalue weighted by atomic mass is 79.9. The fraction of sp³-hybridized carbons (Fsp3) is 0.143. The van der Waals surface area contributed by atoms with Gasteiger partial charge < -0.3 is 4.74 Å². The molecule has 0 atom stereocenters. The molecule has 2 rings (SSSR count). The Morgan fingerprint density at radius 1 is 1.24 bits per heavy atom. The summed E-state index contributed by atoms with van der Waals surface area (Å²) in [4.78, 5) is 24.2. The first kappa shape index (κ1) is 15.5. The van der Waals surface area contributed by atoms with Crippen molar-refractivity contribution in [2.45, 2.75) is 6.92 Å². The average Bonchev–Trinajstić information content (AvgIpc) is 3.01.